The van der Waals surface area contributed by atoms with Crippen LogP contribution in [-0.2, 0) is 11.2 Å². The minimum Gasteiger partial charge on any atom is -0.609 e. The van der Waals surface area contributed by atoms with Crippen molar-refractivity contribution in [1.29, 1.82) is 0 Å². The summed E-state index contributed by atoms with van der Waals surface area (Å²) in [6.07, 6.45) is 3.12. The zero-order valence-corrected chi connectivity index (χ0v) is 8.20. The fourth-order valence-electron chi connectivity index (χ4n) is 0.789. The van der Waals surface area contributed by atoms with Crippen LogP contribution in [0.1, 0.15) is 6.92 Å². The summed E-state index contributed by atoms with van der Waals surface area (Å²) in [7, 11) is 0. The molecule has 0 amide bonds. The maximum Gasteiger partial charge on any atom is 0.342 e. The Morgan fingerprint density at radius 1 is 1.54 bits per heavy atom. The first kappa shape index (κ1) is 10.4. The van der Waals surface area contributed by atoms with Gasteiger partial charge in [0.05, 0.1) is 6.61 Å². The summed E-state index contributed by atoms with van der Waals surface area (Å²) in [5, 5.41) is 9.09. The lowest BCUT2D eigenvalue weighted by Gasteiger charge is -2.10. The number of aliphatic hydroxyl groups excluding tert-OH is 1. The molecule has 0 aliphatic heterocycles. The third-order valence-electron chi connectivity index (χ3n) is 1.49. The fraction of sp³-hybridized carbons (Fsp3) is 0.500. The molecule has 0 aliphatic rings. The molecule has 1 rings (SSSR count). The molecule has 0 saturated heterocycles. The van der Waals surface area contributed by atoms with Gasteiger partial charge in [-0.05, 0) is 6.07 Å². The highest BCUT2D eigenvalue weighted by Crippen LogP contribution is 2.07. The Bertz CT molecular complexity index is 245. The standard InChI is InChI=1S/C8H12N2O2S/c1-7(5-11)6-13(12)8-9-3-2-4-10-8/h2-4,7,11H,5-6H2,1H3. The predicted molar refractivity (Wildman–Crippen MR) is 49.6 cm³/mol. The van der Waals surface area contributed by atoms with Crippen LogP contribution in [0.15, 0.2) is 23.6 Å². The lowest BCUT2D eigenvalue weighted by Crippen LogP contribution is -2.18. The number of aliphatic hydroxyl groups is 1. The smallest absolute Gasteiger partial charge is 0.342 e. The van der Waals surface area contributed by atoms with Crippen LogP contribution < -0.4 is 0 Å². The highest BCUT2D eigenvalue weighted by atomic mass is 32.2. The number of hydrogen-bond donors (Lipinski definition) is 1. The van der Waals surface area contributed by atoms with E-state index in [2.05, 4.69) is 9.97 Å². The molecule has 1 aromatic heterocycles. The van der Waals surface area contributed by atoms with E-state index in [0.29, 0.717) is 10.9 Å². The first-order valence-corrected chi connectivity index (χ1v) is 5.32. The molecule has 0 spiro atoms. The molecule has 0 aliphatic carbocycles. The molecule has 13 heavy (non-hydrogen) atoms. The zero-order chi connectivity index (χ0) is 9.68. The maximum absolute atomic E-state index is 11.5. The van der Waals surface area contributed by atoms with Gasteiger partial charge >= 0.3 is 5.16 Å². The van der Waals surface area contributed by atoms with Gasteiger partial charge in [-0.15, -0.1) is 0 Å². The van der Waals surface area contributed by atoms with Crippen molar-refractivity contribution >= 4 is 11.2 Å². The molecule has 1 aromatic rings. The summed E-state index contributed by atoms with van der Waals surface area (Å²) in [5.74, 6) is 0.421. The first-order valence-electron chi connectivity index (χ1n) is 4.00. The van der Waals surface area contributed by atoms with E-state index in [9.17, 15) is 4.55 Å². The second kappa shape index (κ2) is 5.16. The molecule has 0 bridgehead atoms. The van der Waals surface area contributed by atoms with E-state index < -0.39 is 11.2 Å². The zero-order valence-electron chi connectivity index (χ0n) is 7.38. The molecule has 5 heteroatoms. The summed E-state index contributed by atoms with van der Waals surface area (Å²) in [5.41, 5.74) is 0. The topological polar surface area (TPSA) is 69.1 Å². The molecular formula is C8H12N2O2S. The summed E-state index contributed by atoms with van der Waals surface area (Å²) < 4.78 is 11.5. The third-order valence-corrected chi connectivity index (χ3v) is 2.98. The van der Waals surface area contributed by atoms with Gasteiger partial charge in [-0.25, -0.2) is 0 Å². The molecule has 2 atom stereocenters. The molecule has 0 fully saturated rings. The van der Waals surface area contributed by atoms with Gasteiger partial charge in [0.2, 0.25) is 0 Å². The maximum atomic E-state index is 11.5. The van der Waals surface area contributed by atoms with Crippen molar-refractivity contribution in [3.05, 3.63) is 18.5 Å². The van der Waals surface area contributed by atoms with Gasteiger partial charge in [-0.3, -0.25) is 0 Å². The van der Waals surface area contributed by atoms with Gasteiger partial charge in [-0.2, -0.15) is 9.97 Å². The molecule has 0 aromatic carbocycles. The number of hydrogen-bond acceptors (Lipinski definition) is 4. The van der Waals surface area contributed by atoms with Crippen molar-refractivity contribution in [2.45, 2.75) is 12.1 Å². The molecule has 0 radical (unpaired) electrons. The van der Waals surface area contributed by atoms with E-state index in [1.807, 2.05) is 6.92 Å². The summed E-state index contributed by atoms with van der Waals surface area (Å²) >= 11 is -1.20. The van der Waals surface area contributed by atoms with Crippen molar-refractivity contribution in [2.75, 3.05) is 12.4 Å². The highest BCUT2D eigenvalue weighted by molar-refractivity contribution is 7.91. The van der Waals surface area contributed by atoms with Crippen LogP contribution in [0, 0.1) is 5.92 Å². The van der Waals surface area contributed by atoms with Crippen molar-refractivity contribution in [3.8, 4) is 0 Å². The van der Waals surface area contributed by atoms with Gasteiger partial charge in [0.25, 0.3) is 0 Å². The van der Waals surface area contributed by atoms with Gasteiger partial charge < -0.3 is 9.66 Å². The molecule has 1 heterocycles. The average molecular weight is 200 g/mol. The second-order valence-electron chi connectivity index (χ2n) is 2.83. The highest BCUT2D eigenvalue weighted by Gasteiger charge is 2.17. The number of aromatic nitrogens is 2. The second-order valence-corrected chi connectivity index (χ2v) is 4.22. The normalized spacial score (nSPS) is 15.3. The molecule has 4 nitrogen and oxygen atoms in total. The largest absolute Gasteiger partial charge is 0.609 e. The monoisotopic (exact) mass is 200 g/mol. The van der Waals surface area contributed by atoms with Crippen molar-refractivity contribution in [1.82, 2.24) is 9.97 Å². The van der Waals surface area contributed by atoms with E-state index in [1.54, 1.807) is 18.5 Å². The molecule has 2 unspecified atom stereocenters. The Balaban J connectivity index is 2.53. The van der Waals surface area contributed by atoms with Crippen LogP contribution in [0.5, 0.6) is 0 Å². The Morgan fingerprint density at radius 3 is 2.69 bits per heavy atom. The Kier molecular flexibility index (Phi) is 4.14. The Morgan fingerprint density at radius 2 is 2.15 bits per heavy atom. The van der Waals surface area contributed by atoms with Gasteiger partial charge in [0.15, 0.2) is 0 Å². The molecule has 72 valence electrons. The van der Waals surface area contributed by atoms with E-state index in [4.69, 9.17) is 5.11 Å². The predicted octanol–water partition coefficient (Wildman–Crippen LogP) is 0.213. The summed E-state index contributed by atoms with van der Waals surface area (Å²) in [6.45, 7) is 1.87. The first-order chi connectivity index (χ1) is 6.24. The van der Waals surface area contributed by atoms with Crippen LogP contribution in [0.2, 0.25) is 0 Å². The van der Waals surface area contributed by atoms with E-state index in [1.165, 1.54) is 0 Å². The lowest BCUT2D eigenvalue weighted by molar-refractivity contribution is 0.249. The van der Waals surface area contributed by atoms with E-state index in [0.717, 1.165) is 0 Å². The van der Waals surface area contributed by atoms with Crippen LogP contribution in [0.25, 0.3) is 0 Å². The molecular weight excluding hydrogens is 188 g/mol. The van der Waals surface area contributed by atoms with Gasteiger partial charge in [-0.1, -0.05) is 6.92 Å². The number of rotatable bonds is 4. The SMILES string of the molecule is CC(CO)C[S+]([O-])c1ncccn1. The van der Waals surface area contributed by atoms with E-state index >= 15 is 0 Å². The third kappa shape index (κ3) is 3.30. The summed E-state index contributed by atoms with van der Waals surface area (Å²) in [4.78, 5) is 7.75. The lowest BCUT2D eigenvalue weighted by atomic mass is 10.2. The average Bonchev–Trinajstić information content (AvgIpc) is 2.19. The van der Waals surface area contributed by atoms with Gasteiger partial charge in [0.1, 0.15) is 5.75 Å². The van der Waals surface area contributed by atoms with Crippen LogP contribution in [-0.4, -0.2) is 32.0 Å². The van der Waals surface area contributed by atoms with E-state index in [-0.39, 0.29) is 12.5 Å². The Hall–Kier alpha value is -0.650. The minimum atomic E-state index is -1.20. The van der Waals surface area contributed by atoms with Crippen LogP contribution in [0.4, 0.5) is 0 Å². The Labute approximate surface area is 80.2 Å². The van der Waals surface area contributed by atoms with Crippen LogP contribution in [0.3, 0.4) is 0 Å². The molecule has 1 N–H and O–H groups in total. The van der Waals surface area contributed by atoms with Crippen molar-refractivity contribution in [2.24, 2.45) is 5.92 Å². The van der Waals surface area contributed by atoms with Gasteiger partial charge in [0, 0.05) is 29.5 Å². The summed E-state index contributed by atoms with van der Waals surface area (Å²) in [6, 6.07) is 1.68. The van der Waals surface area contributed by atoms with Crippen molar-refractivity contribution < 1.29 is 9.66 Å². The fourth-order valence-corrected chi connectivity index (χ4v) is 1.92. The molecule has 0 saturated carbocycles. The van der Waals surface area contributed by atoms with Crippen LogP contribution >= 0.6 is 0 Å². The minimum absolute atomic E-state index is 0.0182. The number of nitrogens with zero attached hydrogens (tertiary/aromatic N) is 2. The van der Waals surface area contributed by atoms with Crippen molar-refractivity contribution in [3.63, 3.8) is 0 Å². The quantitative estimate of drug-likeness (QED) is 0.557.